The molecule has 0 saturated heterocycles. The molecule has 140 valence electrons. The summed E-state index contributed by atoms with van der Waals surface area (Å²) in [6, 6.07) is 7.18. The van der Waals surface area contributed by atoms with Gasteiger partial charge < -0.3 is 14.4 Å². The monoisotopic (exact) mass is 360 g/mol. The second-order valence-electron chi connectivity index (χ2n) is 5.10. The minimum Gasteiger partial charge on any atom is -0.464 e. The predicted octanol–water partition coefficient (Wildman–Crippen LogP) is 2.81. The molecule has 0 aliphatic rings. The number of methoxy groups -OCH3 is 1. The van der Waals surface area contributed by atoms with Crippen LogP contribution < -0.4 is 0 Å². The molecule has 0 unspecified atom stereocenters. The maximum Gasteiger partial charge on any atom is 0.360 e. The van der Waals surface area contributed by atoms with Gasteiger partial charge in [-0.1, -0.05) is 41.5 Å². The van der Waals surface area contributed by atoms with E-state index in [0.717, 1.165) is 0 Å². The number of hydrogen-bond donors (Lipinski definition) is 0. The number of oxime groups is 2. The van der Waals surface area contributed by atoms with E-state index >= 15 is 0 Å². The van der Waals surface area contributed by atoms with Gasteiger partial charge in [0.15, 0.2) is 5.71 Å². The van der Waals surface area contributed by atoms with Crippen molar-refractivity contribution in [3.63, 3.8) is 0 Å². The maximum atomic E-state index is 12.0. The van der Waals surface area contributed by atoms with Crippen LogP contribution in [-0.2, 0) is 19.2 Å². The van der Waals surface area contributed by atoms with Crippen LogP contribution in [0.15, 0.2) is 44.8 Å². The van der Waals surface area contributed by atoms with Crippen LogP contribution >= 0.6 is 0 Å². The van der Waals surface area contributed by atoms with E-state index in [2.05, 4.69) is 20.5 Å². The number of carbonyl (C=O) groups is 1. The highest BCUT2D eigenvalue weighted by Gasteiger charge is 2.20. The molecule has 1 aromatic rings. The highest BCUT2D eigenvalue weighted by Crippen LogP contribution is 2.13. The topological polar surface area (TPSA) is 94.2 Å². The molecule has 0 fully saturated rings. The lowest BCUT2D eigenvalue weighted by Crippen LogP contribution is -2.20. The van der Waals surface area contributed by atoms with Gasteiger partial charge >= 0.3 is 5.97 Å². The van der Waals surface area contributed by atoms with Gasteiger partial charge in [0.25, 0.3) is 0 Å². The second kappa shape index (κ2) is 10.8. The summed E-state index contributed by atoms with van der Waals surface area (Å²) in [7, 11) is 4.13. The molecule has 0 bridgehead atoms. The van der Waals surface area contributed by atoms with Gasteiger partial charge in [0.05, 0.1) is 24.2 Å². The van der Waals surface area contributed by atoms with Gasteiger partial charge in [-0.2, -0.15) is 10.2 Å². The molecule has 0 aliphatic carbocycles. The fourth-order valence-electron chi connectivity index (χ4n) is 2.17. The Bertz CT molecular complexity index is 751. The van der Waals surface area contributed by atoms with Crippen LogP contribution in [-0.4, -0.2) is 50.1 Å². The number of nitrogens with zero attached hydrogens (tertiary/aromatic N) is 4. The Morgan fingerprint density at radius 3 is 2.12 bits per heavy atom. The van der Waals surface area contributed by atoms with Crippen LogP contribution in [0.4, 0.5) is 0 Å². The van der Waals surface area contributed by atoms with Crippen molar-refractivity contribution in [1.29, 1.82) is 0 Å². The first-order chi connectivity index (χ1) is 12.5. The van der Waals surface area contributed by atoms with E-state index < -0.39 is 5.97 Å². The molecular formula is C18H24N4O4. The lowest BCUT2D eigenvalue weighted by atomic mass is 10.00. The molecule has 0 saturated carbocycles. The SMILES string of the molecule is CCC(=N\N=C(/C)c1ccccc1/C(=N\OC)C(=O)OC)/C(C)=N/OC. The first kappa shape index (κ1) is 21.0. The van der Waals surface area contributed by atoms with E-state index in [1.54, 1.807) is 26.0 Å². The molecule has 0 spiro atoms. The summed E-state index contributed by atoms with van der Waals surface area (Å²) in [5.41, 5.74) is 3.23. The van der Waals surface area contributed by atoms with Crippen molar-refractivity contribution in [2.24, 2.45) is 20.5 Å². The van der Waals surface area contributed by atoms with E-state index in [-0.39, 0.29) is 5.71 Å². The Labute approximate surface area is 153 Å². The van der Waals surface area contributed by atoms with Gasteiger partial charge in [-0.3, -0.25) is 0 Å². The zero-order chi connectivity index (χ0) is 19.5. The van der Waals surface area contributed by atoms with E-state index in [9.17, 15) is 4.79 Å². The van der Waals surface area contributed by atoms with Crippen molar-refractivity contribution in [2.45, 2.75) is 27.2 Å². The standard InChI is InChI=1S/C18H24N4O4/c1-7-16(13(3)21-25-5)20-19-12(2)14-10-8-9-11-15(14)17(22-26-6)18(23)24-4/h8-11H,7H2,1-6H3/b19-12+,20-16+,21-13+,22-17+. The van der Waals surface area contributed by atoms with Crippen molar-refractivity contribution in [1.82, 2.24) is 0 Å². The number of ether oxygens (including phenoxy) is 1. The minimum atomic E-state index is -0.604. The summed E-state index contributed by atoms with van der Waals surface area (Å²) in [6.07, 6.45) is 0.648. The van der Waals surface area contributed by atoms with Crippen molar-refractivity contribution < 1.29 is 19.2 Å². The van der Waals surface area contributed by atoms with Gasteiger partial charge in [0.2, 0.25) is 0 Å². The fraction of sp³-hybridized carbons (Fsp3) is 0.389. The second-order valence-corrected chi connectivity index (χ2v) is 5.10. The van der Waals surface area contributed by atoms with Crippen LogP contribution in [0.25, 0.3) is 0 Å². The molecule has 0 atom stereocenters. The number of esters is 1. The number of carbonyl (C=O) groups excluding carboxylic acids is 1. The normalized spacial score (nSPS) is 13.5. The Balaban J connectivity index is 3.37. The van der Waals surface area contributed by atoms with E-state index in [1.165, 1.54) is 21.3 Å². The molecule has 26 heavy (non-hydrogen) atoms. The van der Waals surface area contributed by atoms with Crippen molar-refractivity contribution in [3.05, 3.63) is 35.4 Å². The minimum absolute atomic E-state index is 0.0528. The van der Waals surface area contributed by atoms with Crippen LogP contribution in [0.3, 0.4) is 0 Å². The van der Waals surface area contributed by atoms with Crippen molar-refractivity contribution in [3.8, 4) is 0 Å². The van der Waals surface area contributed by atoms with Gasteiger partial charge in [0, 0.05) is 11.1 Å². The Morgan fingerprint density at radius 1 is 0.962 bits per heavy atom. The molecule has 0 aromatic heterocycles. The quantitative estimate of drug-likeness (QED) is 0.405. The lowest BCUT2D eigenvalue weighted by molar-refractivity contribution is -0.132. The van der Waals surface area contributed by atoms with Gasteiger partial charge in [0.1, 0.15) is 14.2 Å². The summed E-state index contributed by atoms with van der Waals surface area (Å²) in [4.78, 5) is 21.6. The summed E-state index contributed by atoms with van der Waals surface area (Å²) in [6.45, 7) is 5.54. The molecule has 1 aromatic carbocycles. The molecule has 0 radical (unpaired) electrons. The zero-order valence-corrected chi connectivity index (χ0v) is 15.9. The third kappa shape index (κ3) is 5.51. The first-order valence-corrected chi connectivity index (χ1v) is 7.98. The Kier molecular flexibility index (Phi) is 8.69. The highest BCUT2D eigenvalue weighted by atomic mass is 16.6. The third-order valence-electron chi connectivity index (χ3n) is 3.43. The van der Waals surface area contributed by atoms with Crippen LogP contribution in [0.5, 0.6) is 0 Å². The van der Waals surface area contributed by atoms with E-state index in [0.29, 0.717) is 34.7 Å². The Hall–Kier alpha value is -3.03. The Morgan fingerprint density at radius 2 is 1.58 bits per heavy atom. The molecule has 0 amide bonds. The largest absolute Gasteiger partial charge is 0.464 e. The average Bonchev–Trinajstić information content (AvgIpc) is 2.66. The smallest absolute Gasteiger partial charge is 0.360 e. The molecule has 1 rings (SSSR count). The zero-order valence-electron chi connectivity index (χ0n) is 15.9. The third-order valence-corrected chi connectivity index (χ3v) is 3.43. The molecule has 0 N–H and O–H groups in total. The van der Waals surface area contributed by atoms with Crippen molar-refractivity contribution >= 4 is 28.8 Å². The number of benzene rings is 1. The highest BCUT2D eigenvalue weighted by molar-refractivity contribution is 6.44. The number of rotatable bonds is 8. The summed E-state index contributed by atoms with van der Waals surface area (Å²) < 4.78 is 4.78. The van der Waals surface area contributed by atoms with E-state index in [1.807, 2.05) is 19.1 Å². The van der Waals surface area contributed by atoms with Gasteiger partial charge in [-0.25, -0.2) is 4.79 Å². The van der Waals surface area contributed by atoms with Crippen molar-refractivity contribution in [2.75, 3.05) is 21.3 Å². The molecule has 0 aliphatic heterocycles. The number of hydrogen-bond acceptors (Lipinski definition) is 8. The molecule has 0 heterocycles. The fourth-order valence-corrected chi connectivity index (χ4v) is 2.17. The average molecular weight is 360 g/mol. The lowest BCUT2D eigenvalue weighted by Gasteiger charge is -2.09. The summed E-state index contributed by atoms with van der Waals surface area (Å²) in [5, 5.41) is 16.2. The van der Waals surface area contributed by atoms with Crippen LogP contribution in [0.1, 0.15) is 38.3 Å². The van der Waals surface area contributed by atoms with Gasteiger partial charge in [-0.15, -0.1) is 0 Å². The summed E-state index contributed by atoms with van der Waals surface area (Å²) in [5.74, 6) is -0.604. The maximum absolute atomic E-state index is 12.0. The van der Waals surface area contributed by atoms with E-state index in [4.69, 9.17) is 14.4 Å². The molecule has 8 nitrogen and oxygen atoms in total. The first-order valence-electron chi connectivity index (χ1n) is 7.98. The van der Waals surface area contributed by atoms with Crippen LogP contribution in [0.2, 0.25) is 0 Å². The molecule has 8 heteroatoms. The predicted molar refractivity (Wildman–Crippen MR) is 102 cm³/mol. The van der Waals surface area contributed by atoms with Gasteiger partial charge in [-0.05, 0) is 20.3 Å². The van der Waals surface area contributed by atoms with Crippen LogP contribution in [0, 0.1) is 0 Å². The molecular weight excluding hydrogens is 336 g/mol. The summed E-state index contributed by atoms with van der Waals surface area (Å²) >= 11 is 0.